The average Bonchev–Trinajstić information content (AvgIpc) is 3.36. The van der Waals surface area contributed by atoms with Gasteiger partial charge in [-0.25, -0.2) is 4.79 Å². The summed E-state index contributed by atoms with van der Waals surface area (Å²) in [5, 5.41) is 0. The van der Waals surface area contributed by atoms with Crippen molar-refractivity contribution in [1.29, 1.82) is 0 Å². The number of nitrogens with zero attached hydrogens (tertiary/aromatic N) is 2. The SMILES string of the molecule is CC(=O)COC(=O)[C@]12CCC(=O)N1c1ccccc1C(=O)N2C1CC1. The van der Waals surface area contributed by atoms with E-state index in [0.29, 0.717) is 11.3 Å². The van der Waals surface area contributed by atoms with Crippen molar-refractivity contribution >= 4 is 29.3 Å². The second kappa shape index (κ2) is 5.40. The van der Waals surface area contributed by atoms with Crippen molar-refractivity contribution in [2.45, 2.75) is 44.3 Å². The van der Waals surface area contributed by atoms with Crippen LogP contribution in [0, 0.1) is 0 Å². The molecule has 0 spiro atoms. The molecule has 7 nitrogen and oxygen atoms in total. The molecule has 0 radical (unpaired) electrons. The molecule has 2 aliphatic heterocycles. The molecule has 0 unspecified atom stereocenters. The standard InChI is InChI=1S/C18H18N2O5/c1-11(21)10-25-17(24)18-9-8-15(22)20(18)14-5-3-2-4-13(14)16(23)19(18)12-6-7-12/h2-5,12H,6-10H2,1H3/t18-/m0/s1. The molecule has 0 bridgehead atoms. The maximum atomic E-state index is 13.1. The minimum absolute atomic E-state index is 0.0841. The van der Waals surface area contributed by atoms with Gasteiger partial charge in [-0.15, -0.1) is 0 Å². The topological polar surface area (TPSA) is 84.0 Å². The van der Waals surface area contributed by atoms with Gasteiger partial charge in [-0.1, -0.05) is 12.1 Å². The summed E-state index contributed by atoms with van der Waals surface area (Å²) < 4.78 is 5.19. The second-order valence-corrected chi connectivity index (χ2v) is 6.75. The summed E-state index contributed by atoms with van der Waals surface area (Å²) in [5.74, 6) is -1.47. The van der Waals surface area contributed by atoms with Gasteiger partial charge in [0.1, 0.15) is 6.61 Å². The number of rotatable bonds is 4. The van der Waals surface area contributed by atoms with Crippen LogP contribution in [0.5, 0.6) is 0 Å². The minimum atomic E-state index is -1.47. The first-order chi connectivity index (χ1) is 12.0. The van der Waals surface area contributed by atoms with Crippen LogP contribution in [0.3, 0.4) is 0 Å². The van der Waals surface area contributed by atoms with Gasteiger partial charge in [-0.3, -0.25) is 19.3 Å². The molecule has 2 amide bonds. The third-order valence-electron chi connectivity index (χ3n) is 4.94. The molecule has 3 aliphatic rings. The molecule has 130 valence electrons. The van der Waals surface area contributed by atoms with Crippen LogP contribution >= 0.6 is 0 Å². The Kier molecular flexibility index (Phi) is 3.42. The summed E-state index contributed by atoms with van der Waals surface area (Å²) in [4.78, 5) is 52.9. The summed E-state index contributed by atoms with van der Waals surface area (Å²) in [6.45, 7) is 0.958. The van der Waals surface area contributed by atoms with Crippen LogP contribution in [0.2, 0.25) is 0 Å². The number of esters is 1. The first-order valence-electron chi connectivity index (χ1n) is 8.39. The predicted octanol–water partition coefficient (Wildman–Crippen LogP) is 1.26. The lowest BCUT2D eigenvalue weighted by Crippen LogP contribution is -2.69. The predicted molar refractivity (Wildman–Crippen MR) is 86.7 cm³/mol. The number of amides is 2. The van der Waals surface area contributed by atoms with E-state index < -0.39 is 11.6 Å². The first-order valence-corrected chi connectivity index (χ1v) is 8.39. The molecule has 1 aromatic rings. The molecule has 1 aliphatic carbocycles. The van der Waals surface area contributed by atoms with Gasteiger partial charge >= 0.3 is 5.97 Å². The van der Waals surface area contributed by atoms with E-state index in [1.807, 2.05) is 0 Å². The van der Waals surface area contributed by atoms with Crippen molar-refractivity contribution in [1.82, 2.24) is 4.90 Å². The molecule has 1 aromatic carbocycles. The van der Waals surface area contributed by atoms with E-state index in [2.05, 4.69) is 0 Å². The Balaban J connectivity index is 1.86. The zero-order valence-electron chi connectivity index (χ0n) is 13.9. The van der Waals surface area contributed by atoms with E-state index in [1.54, 1.807) is 24.3 Å². The number of Topliss-reactive ketones (excluding diaryl/α,β-unsaturated/α-hetero) is 1. The van der Waals surface area contributed by atoms with Crippen LogP contribution in [0.25, 0.3) is 0 Å². The lowest BCUT2D eigenvalue weighted by Gasteiger charge is -2.48. The minimum Gasteiger partial charge on any atom is -0.455 e. The van der Waals surface area contributed by atoms with Crippen molar-refractivity contribution in [3.8, 4) is 0 Å². The Morgan fingerprint density at radius 2 is 1.96 bits per heavy atom. The van der Waals surface area contributed by atoms with E-state index in [4.69, 9.17) is 4.74 Å². The monoisotopic (exact) mass is 342 g/mol. The molecule has 25 heavy (non-hydrogen) atoms. The molecule has 1 saturated heterocycles. The van der Waals surface area contributed by atoms with Crippen molar-refractivity contribution in [2.24, 2.45) is 0 Å². The van der Waals surface area contributed by atoms with E-state index >= 15 is 0 Å². The molecule has 7 heteroatoms. The Morgan fingerprint density at radius 1 is 1.24 bits per heavy atom. The molecule has 1 saturated carbocycles. The molecule has 4 rings (SSSR count). The van der Waals surface area contributed by atoms with Crippen LogP contribution < -0.4 is 4.90 Å². The van der Waals surface area contributed by atoms with E-state index in [0.717, 1.165) is 12.8 Å². The van der Waals surface area contributed by atoms with Crippen LogP contribution in [-0.2, 0) is 19.1 Å². The lowest BCUT2D eigenvalue weighted by molar-refractivity contribution is -0.159. The summed E-state index contributed by atoms with van der Waals surface area (Å²) >= 11 is 0. The zero-order chi connectivity index (χ0) is 17.8. The second-order valence-electron chi connectivity index (χ2n) is 6.75. The molecule has 2 heterocycles. The maximum Gasteiger partial charge on any atom is 0.354 e. The highest BCUT2D eigenvalue weighted by Gasteiger charge is 2.64. The van der Waals surface area contributed by atoms with Crippen molar-refractivity contribution in [3.63, 3.8) is 0 Å². The van der Waals surface area contributed by atoms with Crippen molar-refractivity contribution in [2.75, 3.05) is 11.5 Å². The number of fused-ring (bicyclic) bond motifs is 3. The number of hydrogen-bond donors (Lipinski definition) is 0. The highest BCUT2D eigenvalue weighted by atomic mass is 16.5. The van der Waals surface area contributed by atoms with Crippen LogP contribution in [0.15, 0.2) is 24.3 Å². The Labute approximate surface area is 144 Å². The average molecular weight is 342 g/mol. The van der Waals surface area contributed by atoms with E-state index in [-0.39, 0.29) is 43.1 Å². The molecule has 2 fully saturated rings. The summed E-state index contributed by atoms with van der Waals surface area (Å²) in [7, 11) is 0. The van der Waals surface area contributed by atoms with Crippen LogP contribution in [-0.4, -0.2) is 46.8 Å². The molecular weight excluding hydrogens is 324 g/mol. The number of carbonyl (C=O) groups is 4. The molecule has 0 N–H and O–H groups in total. The van der Waals surface area contributed by atoms with Gasteiger partial charge in [0.05, 0.1) is 11.3 Å². The number of para-hydroxylation sites is 1. The zero-order valence-corrected chi connectivity index (χ0v) is 13.9. The molecular formula is C18H18N2O5. The smallest absolute Gasteiger partial charge is 0.354 e. The maximum absolute atomic E-state index is 13.1. The Bertz CT molecular complexity index is 800. The Hall–Kier alpha value is -2.70. The molecule has 0 aromatic heterocycles. The van der Waals surface area contributed by atoms with Gasteiger partial charge in [0.2, 0.25) is 11.6 Å². The fraction of sp³-hybridized carbons (Fsp3) is 0.444. The van der Waals surface area contributed by atoms with Crippen LogP contribution in [0.4, 0.5) is 5.69 Å². The number of benzene rings is 1. The fourth-order valence-electron chi connectivity index (χ4n) is 3.80. The third-order valence-corrected chi connectivity index (χ3v) is 4.94. The number of hydrogen-bond acceptors (Lipinski definition) is 5. The van der Waals surface area contributed by atoms with Crippen LogP contribution in [0.1, 0.15) is 43.0 Å². The fourth-order valence-corrected chi connectivity index (χ4v) is 3.80. The summed E-state index contributed by atoms with van der Waals surface area (Å²) in [6, 6.07) is 6.73. The van der Waals surface area contributed by atoms with Gasteiger partial charge in [0.25, 0.3) is 5.91 Å². The van der Waals surface area contributed by atoms with E-state index in [1.165, 1.54) is 16.7 Å². The number of anilines is 1. The largest absolute Gasteiger partial charge is 0.455 e. The van der Waals surface area contributed by atoms with E-state index in [9.17, 15) is 19.2 Å². The normalized spacial score (nSPS) is 24.8. The first kappa shape index (κ1) is 15.8. The van der Waals surface area contributed by atoms with Gasteiger partial charge in [0.15, 0.2) is 5.78 Å². The lowest BCUT2D eigenvalue weighted by atomic mass is 9.96. The Morgan fingerprint density at radius 3 is 2.64 bits per heavy atom. The quantitative estimate of drug-likeness (QED) is 0.769. The highest BCUT2D eigenvalue weighted by Crippen LogP contribution is 2.49. The summed E-state index contributed by atoms with van der Waals surface area (Å²) in [6.07, 6.45) is 1.91. The van der Waals surface area contributed by atoms with Crippen molar-refractivity contribution < 1.29 is 23.9 Å². The summed E-state index contributed by atoms with van der Waals surface area (Å²) in [5.41, 5.74) is -0.620. The third kappa shape index (κ3) is 2.18. The van der Waals surface area contributed by atoms with Gasteiger partial charge in [0, 0.05) is 18.9 Å². The van der Waals surface area contributed by atoms with Gasteiger partial charge < -0.3 is 9.64 Å². The molecule has 1 atom stereocenters. The van der Waals surface area contributed by atoms with Gasteiger partial charge in [-0.05, 0) is 31.9 Å². The highest BCUT2D eigenvalue weighted by molar-refractivity contribution is 6.15. The number of ketones is 1. The number of carbonyl (C=O) groups excluding carboxylic acids is 4. The van der Waals surface area contributed by atoms with Gasteiger partial charge in [-0.2, -0.15) is 0 Å². The number of ether oxygens (including phenoxy) is 1. The van der Waals surface area contributed by atoms with Crippen molar-refractivity contribution in [3.05, 3.63) is 29.8 Å².